The first-order chi connectivity index (χ1) is 11.8. The van der Waals surface area contributed by atoms with Crippen molar-refractivity contribution in [1.29, 1.82) is 0 Å². The first kappa shape index (κ1) is 18.4. The molecule has 2 aromatic carbocycles. The standard InChI is InChI=1S/C19H17F2NO3/c1-11(2)18(24)16-5-3-4-12(17(16)10-23)9-22-19(25)13-6-14(20)8-15(21)7-13/h3-8,10-11H,9H2,1-2H3,(H,22,25). The Morgan fingerprint density at radius 2 is 1.76 bits per heavy atom. The Balaban J connectivity index is 2.23. The molecule has 0 saturated carbocycles. The van der Waals surface area contributed by atoms with Crippen molar-refractivity contribution in [1.82, 2.24) is 5.32 Å². The second-order valence-electron chi connectivity index (χ2n) is 5.86. The number of nitrogens with one attached hydrogen (secondary N) is 1. The van der Waals surface area contributed by atoms with Gasteiger partial charge in [-0.3, -0.25) is 14.4 Å². The van der Waals surface area contributed by atoms with Gasteiger partial charge >= 0.3 is 0 Å². The molecule has 4 nitrogen and oxygen atoms in total. The molecule has 0 bridgehead atoms. The Bertz CT molecular complexity index is 811. The summed E-state index contributed by atoms with van der Waals surface area (Å²) in [4.78, 5) is 35.6. The van der Waals surface area contributed by atoms with Crippen LogP contribution >= 0.6 is 0 Å². The fraction of sp³-hybridized carbons (Fsp3) is 0.211. The molecule has 0 heterocycles. The molecule has 0 saturated heterocycles. The number of Topliss-reactive ketones (excluding diaryl/α,β-unsaturated/α-hetero) is 1. The maximum absolute atomic E-state index is 13.2. The molecule has 1 amide bonds. The van der Waals surface area contributed by atoms with Crippen LogP contribution < -0.4 is 5.32 Å². The van der Waals surface area contributed by atoms with E-state index < -0.39 is 17.5 Å². The van der Waals surface area contributed by atoms with E-state index in [9.17, 15) is 23.2 Å². The van der Waals surface area contributed by atoms with E-state index >= 15 is 0 Å². The Hall–Kier alpha value is -2.89. The van der Waals surface area contributed by atoms with E-state index in [1.165, 1.54) is 0 Å². The van der Waals surface area contributed by atoms with Gasteiger partial charge in [0, 0.05) is 35.2 Å². The number of halogens is 2. The Morgan fingerprint density at radius 3 is 2.32 bits per heavy atom. The highest BCUT2D eigenvalue weighted by atomic mass is 19.1. The largest absolute Gasteiger partial charge is 0.348 e. The van der Waals surface area contributed by atoms with Gasteiger partial charge in [-0.1, -0.05) is 32.0 Å². The number of ketones is 1. The lowest BCUT2D eigenvalue weighted by Gasteiger charge is -2.12. The summed E-state index contributed by atoms with van der Waals surface area (Å²) in [6.45, 7) is 3.40. The third-order valence-corrected chi connectivity index (χ3v) is 3.67. The molecule has 130 valence electrons. The number of amides is 1. The lowest BCUT2D eigenvalue weighted by Crippen LogP contribution is -2.24. The highest BCUT2D eigenvalue weighted by molar-refractivity contribution is 6.04. The van der Waals surface area contributed by atoms with E-state index in [0.717, 1.165) is 12.1 Å². The first-order valence-corrected chi connectivity index (χ1v) is 7.69. The normalized spacial score (nSPS) is 10.6. The van der Waals surface area contributed by atoms with E-state index in [2.05, 4.69) is 5.32 Å². The van der Waals surface area contributed by atoms with Crippen molar-refractivity contribution in [3.05, 3.63) is 70.3 Å². The fourth-order valence-corrected chi connectivity index (χ4v) is 2.39. The predicted octanol–water partition coefficient (Wildman–Crippen LogP) is 3.55. The monoisotopic (exact) mass is 345 g/mol. The molecule has 0 unspecified atom stereocenters. The Morgan fingerprint density at radius 1 is 1.12 bits per heavy atom. The molecule has 0 atom stereocenters. The lowest BCUT2D eigenvalue weighted by molar-refractivity contribution is 0.0933. The van der Waals surface area contributed by atoms with Gasteiger partial charge < -0.3 is 5.32 Å². The molecule has 0 aliphatic carbocycles. The van der Waals surface area contributed by atoms with Crippen LogP contribution in [0.3, 0.4) is 0 Å². The number of carbonyl (C=O) groups excluding carboxylic acids is 3. The fourth-order valence-electron chi connectivity index (χ4n) is 2.39. The van der Waals surface area contributed by atoms with Crippen LogP contribution in [0.4, 0.5) is 8.78 Å². The lowest BCUT2D eigenvalue weighted by atomic mass is 9.93. The van der Waals surface area contributed by atoms with Crippen molar-refractivity contribution in [2.24, 2.45) is 5.92 Å². The summed E-state index contributed by atoms with van der Waals surface area (Å²) in [7, 11) is 0. The van der Waals surface area contributed by atoms with E-state index in [4.69, 9.17) is 0 Å². The van der Waals surface area contributed by atoms with Gasteiger partial charge in [0.2, 0.25) is 0 Å². The van der Waals surface area contributed by atoms with Gasteiger partial charge in [-0.25, -0.2) is 8.78 Å². The van der Waals surface area contributed by atoms with E-state index in [0.29, 0.717) is 17.9 Å². The highest BCUT2D eigenvalue weighted by Crippen LogP contribution is 2.17. The minimum absolute atomic E-state index is 0.0513. The average Bonchev–Trinajstić information content (AvgIpc) is 2.57. The molecular formula is C19H17F2NO3. The second-order valence-corrected chi connectivity index (χ2v) is 5.86. The van der Waals surface area contributed by atoms with Gasteiger partial charge in [0.15, 0.2) is 12.1 Å². The van der Waals surface area contributed by atoms with Gasteiger partial charge in [0.05, 0.1) is 0 Å². The SMILES string of the molecule is CC(C)C(=O)c1cccc(CNC(=O)c2cc(F)cc(F)c2)c1C=O. The summed E-state index contributed by atoms with van der Waals surface area (Å²) >= 11 is 0. The third-order valence-electron chi connectivity index (χ3n) is 3.67. The Kier molecular flexibility index (Phi) is 5.75. The summed E-state index contributed by atoms with van der Waals surface area (Å²) in [6, 6.07) is 7.27. The minimum atomic E-state index is -0.858. The van der Waals surface area contributed by atoms with E-state index in [1.807, 2.05) is 0 Å². The summed E-state index contributed by atoms with van der Waals surface area (Å²) < 4.78 is 26.4. The first-order valence-electron chi connectivity index (χ1n) is 7.69. The predicted molar refractivity (Wildman–Crippen MR) is 88.5 cm³/mol. The van der Waals surface area contributed by atoms with Crippen molar-refractivity contribution in [3.63, 3.8) is 0 Å². The number of hydrogen-bond acceptors (Lipinski definition) is 3. The minimum Gasteiger partial charge on any atom is -0.348 e. The highest BCUT2D eigenvalue weighted by Gasteiger charge is 2.17. The molecule has 0 aliphatic heterocycles. The van der Waals surface area contributed by atoms with Crippen molar-refractivity contribution in [2.45, 2.75) is 20.4 Å². The zero-order chi connectivity index (χ0) is 18.6. The second kappa shape index (κ2) is 7.79. The number of rotatable bonds is 6. The van der Waals surface area contributed by atoms with Crippen molar-refractivity contribution >= 4 is 18.0 Å². The van der Waals surface area contributed by atoms with Crippen molar-refractivity contribution < 1.29 is 23.2 Å². The molecule has 0 fully saturated rings. The zero-order valence-corrected chi connectivity index (χ0v) is 13.8. The maximum atomic E-state index is 13.2. The van der Waals surface area contributed by atoms with Crippen LogP contribution in [0.15, 0.2) is 36.4 Å². The smallest absolute Gasteiger partial charge is 0.251 e. The van der Waals surface area contributed by atoms with Crippen LogP contribution in [0, 0.1) is 17.6 Å². The van der Waals surface area contributed by atoms with Gasteiger partial charge in [-0.05, 0) is 17.7 Å². The van der Waals surface area contributed by atoms with Crippen molar-refractivity contribution in [2.75, 3.05) is 0 Å². The van der Waals surface area contributed by atoms with Crippen LogP contribution in [0.5, 0.6) is 0 Å². The maximum Gasteiger partial charge on any atom is 0.251 e. The molecule has 2 rings (SSSR count). The van der Waals surface area contributed by atoms with Gasteiger partial charge in [0.25, 0.3) is 5.91 Å². The van der Waals surface area contributed by atoms with Crippen molar-refractivity contribution in [3.8, 4) is 0 Å². The number of hydrogen-bond donors (Lipinski definition) is 1. The zero-order valence-electron chi connectivity index (χ0n) is 13.8. The molecule has 0 aliphatic rings. The van der Waals surface area contributed by atoms with Gasteiger partial charge in [0.1, 0.15) is 11.6 Å². The summed E-state index contributed by atoms with van der Waals surface area (Å²) in [6.07, 6.45) is 0.568. The van der Waals surface area contributed by atoms with Crippen LogP contribution in [0.2, 0.25) is 0 Å². The molecule has 0 radical (unpaired) electrons. The molecule has 0 aromatic heterocycles. The van der Waals surface area contributed by atoms with Crippen LogP contribution in [-0.4, -0.2) is 18.0 Å². The van der Waals surface area contributed by atoms with Crippen LogP contribution in [0.25, 0.3) is 0 Å². The summed E-state index contributed by atoms with van der Waals surface area (Å²) in [5.74, 6) is -2.86. The van der Waals surface area contributed by atoms with E-state index in [-0.39, 0.29) is 34.9 Å². The molecule has 6 heteroatoms. The molecule has 25 heavy (non-hydrogen) atoms. The van der Waals surface area contributed by atoms with Gasteiger partial charge in [-0.15, -0.1) is 0 Å². The van der Waals surface area contributed by atoms with Crippen LogP contribution in [0.1, 0.15) is 50.5 Å². The topological polar surface area (TPSA) is 63.2 Å². The average molecular weight is 345 g/mol. The van der Waals surface area contributed by atoms with E-state index in [1.54, 1.807) is 32.0 Å². The quantitative estimate of drug-likeness (QED) is 0.643. The van der Waals surface area contributed by atoms with Gasteiger partial charge in [-0.2, -0.15) is 0 Å². The Labute approximate surface area is 143 Å². The number of benzene rings is 2. The molecular weight excluding hydrogens is 328 g/mol. The summed E-state index contributed by atoms with van der Waals surface area (Å²) in [5, 5.41) is 2.50. The summed E-state index contributed by atoms with van der Waals surface area (Å²) in [5.41, 5.74) is 0.770. The molecule has 2 aromatic rings. The number of carbonyl (C=O) groups is 3. The molecule has 1 N–H and O–H groups in total. The third kappa shape index (κ3) is 4.35. The van der Waals surface area contributed by atoms with Crippen LogP contribution in [-0.2, 0) is 6.54 Å². The molecule has 0 spiro atoms. The number of aldehydes is 1.